The summed E-state index contributed by atoms with van der Waals surface area (Å²) in [4.78, 5) is 9.32. The molecule has 146 valence electrons. The van der Waals surface area contributed by atoms with Crippen LogP contribution in [0.1, 0.15) is 11.3 Å². The molecule has 0 unspecified atom stereocenters. The Labute approximate surface area is 175 Å². The normalized spacial score (nSPS) is 11.0. The number of rotatable bonds is 5. The van der Waals surface area contributed by atoms with Crippen LogP contribution in [0.4, 0.5) is 5.82 Å². The van der Waals surface area contributed by atoms with Crippen molar-refractivity contribution in [2.45, 2.75) is 13.5 Å². The highest BCUT2D eigenvalue weighted by Crippen LogP contribution is 2.31. The van der Waals surface area contributed by atoms with Crippen LogP contribution in [-0.2, 0) is 6.54 Å². The third-order valence-electron chi connectivity index (χ3n) is 5.07. The predicted molar refractivity (Wildman–Crippen MR) is 120 cm³/mol. The third kappa shape index (κ3) is 3.53. The number of anilines is 1. The van der Waals surface area contributed by atoms with E-state index in [4.69, 9.17) is 10.1 Å². The summed E-state index contributed by atoms with van der Waals surface area (Å²) in [6, 6.07) is 26.6. The van der Waals surface area contributed by atoms with Crippen molar-refractivity contribution in [1.82, 2.24) is 19.6 Å². The van der Waals surface area contributed by atoms with Gasteiger partial charge in [-0.1, -0.05) is 66.2 Å². The Morgan fingerprint density at radius 3 is 2.40 bits per heavy atom. The van der Waals surface area contributed by atoms with Crippen LogP contribution in [0.3, 0.4) is 0 Å². The maximum Gasteiger partial charge on any atom is 0.182 e. The fraction of sp³-hybridized carbons (Fsp3) is 0.0800. The lowest BCUT2D eigenvalue weighted by Gasteiger charge is -2.11. The molecule has 2 aromatic carbocycles. The van der Waals surface area contributed by atoms with Gasteiger partial charge in [-0.15, -0.1) is 5.10 Å². The number of fused-ring (bicyclic) bond motifs is 1. The molecule has 0 aliphatic heterocycles. The number of benzene rings is 2. The van der Waals surface area contributed by atoms with Crippen LogP contribution in [0.25, 0.3) is 28.0 Å². The van der Waals surface area contributed by atoms with Crippen molar-refractivity contribution in [3.63, 3.8) is 0 Å². The van der Waals surface area contributed by atoms with E-state index < -0.39 is 0 Å². The van der Waals surface area contributed by atoms with Gasteiger partial charge in [0.05, 0.1) is 12.2 Å². The van der Waals surface area contributed by atoms with Gasteiger partial charge in [0.15, 0.2) is 11.6 Å². The van der Waals surface area contributed by atoms with E-state index in [1.165, 1.54) is 5.56 Å². The number of pyridine rings is 1. The van der Waals surface area contributed by atoms with E-state index in [-0.39, 0.29) is 0 Å². The number of aryl methyl sites for hydroxylation is 1. The first kappa shape index (κ1) is 18.1. The zero-order valence-corrected chi connectivity index (χ0v) is 16.7. The maximum atomic E-state index is 4.90. The molecule has 5 rings (SSSR count). The van der Waals surface area contributed by atoms with Crippen LogP contribution in [0, 0.1) is 6.92 Å². The highest BCUT2D eigenvalue weighted by Gasteiger charge is 2.15. The second kappa shape index (κ2) is 7.79. The summed E-state index contributed by atoms with van der Waals surface area (Å²) >= 11 is 0. The van der Waals surface area contributed by atoms with Crippen molar-refractivity contribution < 1.29 is 0 Å². The summed E-state index contributed by atoms with van der Waals surface area (Å²) in [6.07, 6.45) is 3.79. The summed E-state index contributed by atoms with van der Waals surface area (Å²) in [6.45, 7) is 2.66. The van der Waals surface area contributed by atoms with E-state index in [0.29, 0.717) is 12.4 Å². The minimum absolute atomic E-state index is 0.584. The van der Waals surface area contributed by atoms with Crippen LogP contribution >= 0.6 is 0 Å². The number of nitrogens with one attached hydrogen (secondary N) is 1. The minimum atomic E-state index is 0.584. The summed E-state index contributed by atoms with van der Waals surface area (Å²) < 4.78 is 1.91. The molecule has 0 saturated heterocycles. The molecule has 0 saturated carbocycles. The lowest BCUT2D eigenvalue weighted by molar-refractivity contribution is 0.906. The molecule has 3 heterocycles. The number of aromatic nitrogens is 4. The summed E-state index contributed by atoms with van der Waals surface area (Å²) in [5.41, 5.74) is 6.33. The Morgan fingerprint density at radius 1 is 0.833 bits per heavy atom. The molecule has 3 aromatic heterocycles. The van der Waals surface area contributed by atoms with Gasteiger partial charge in [-0.05, 0) is 30.7 Å². The van der Waals surface area contributed by atoms with Gasteiger partial charge in [-0.2, -0.15) is 0 Å². The maximum absolute atomic E-state index is 4.90. The molecule has 1 N–H and O–H groups in total. The highest BCUT2D eigenvalue weighted by atomic mass is 15.3. The molecular formula is C25H21N5. The van der Waals surface area contributed by atoms with Gasteiger partial charge in [-0.25, -0.2) is 9.50 Å². The highest BCUT2D eigenvalue weighted by molar-refractivity contribution is 5.89. The van der Waals surface area contributed by atoms with Crippen molar-refractivity contribution in [3.8, 4) is 22.5 Å². The Kier molecular flexibility index (Phi) is 4.69. The van der Waals surface area contributed by atoms with Crippen LogP contribution in [-0.4, -0.2) is 19.6 Å². The van der Waals surface area contributed by atoms with Crippen LogP contribution < -0.4 is 5.32 Å². The summed E-state index contributed by atoms with van der Waals surface area (Å²) in [7, 11) is 0. The van der Waals surface area contributed by atoms with Gasteiger partial charge in [0.2, 0.25) is 0 Å². The smallest absolute Gasteiger partial charge is 0.182 e. The van der Waals surface area contributed by atoms with Gasteiger partial charge in [0.1, 0.15) is 5.52 Å². The zero-order chi connectivity index (χ0) is 20.3. The topological polar surface area (TPSA) is 55.1 Å². The largest absolute Gasteiger partial charge is 0.363 e. The molecule has 0 aliphatic carbocycles. The Hall–Kier alpha value is -3.99. The fourth-order valence-electron chi connectivity index (χ4n) is 3.50. The Bertz CT molecular complexity index is 1280. The molecule has 5 aromatic rings. The van der Waals surface area contributed by atoms with Crippen molar-refractivity contribution in [2.75, 3.05) is 5.32 Å². The summed E-state index contributed by atoms with van der Waals surface area (Å²) in [5, 5.41) is 8.27. The average molecular weight is 391 g/mol. The van der Waals surface area contributed by atoms with Crippen LogP contribution in [0.5, 0.6) is 0 Å². The lowest BCUT2D eigenvalue weighted by Crippen LogP contribution is -2.08. The van der Waals surface area contributed by atoms with E-state index in [1.54, 1.807) is 6.20 Å². The SMILES string of the molecule is Cc1ccc(-c2nc(NCc3ccccn3)c3c(-c4ccccc4)ccn3n2)cc1. The fourth-order valence-corrected chi connectivity index (χ4v) is 3.50. The van der Waals surface area contributed by atoms with Gasteiger partial charge in [-0.3, -0.25) is 4.98 Å². The molecule has 5 nitrogen and oxygen atoms in total. The lowest BCUT2D eigenvalue weighted by atomic mass is 10.1. The molecular weight excluding hydrogens is 370 g/mol. The minimum Gasteiger partial charge on any atom is -0.363 e. The molecule has 0 radical (unpaired) electrons. The van der Waals surface area contributed by atoms with Gasteiger partial charge >= 0.3 is 0 Å². The first-order valence-corrected chi connectivity index (χ1v) is 9.93. The van der Waals surface area contributed by atoms with Crippen molar-refractivity contribution in [1.29, 1.82) is 0 Å². The average Bonchev–Trinajstić information content (AvgIpc) is 3.23. The van der Waals surface area contributed by atoms with E-state index in [9.17, 15) is 0 Å². The molecule has 0 atom stereocenters. The van der Waals surface area contributed by atoms with Crippen molar-refractivity contribution in [3.05, 3.63) is 103 Å². The first-order chi connectivity index (χ1) is 14.8. The van der Waals surface area contributed by atoms with E-state index >= 15 is 0 Å². The number of hydrogen-bond acceptors (Lipinski definition) is 4. The molecule has 5 heteroatoms. The molecule has 0 bridgehead atoms. The van der Waals surface area contributed by atoms with E-state index in [1.807, 2.05) is 47.1 Å². The Morgan fingerprint density at radius 2 is 1.63 bits per heavy atom. The molecule has 0 fully saturated rings. The van der Waals surface area contributed by atoms with Crippen LogP contribution in [0.2, 0.25) is 0 Å². The van der Waals surface area contributed by atoms with Gasteiger partial charge < -0.3 is 5.32 Å². The number of nitrogens with zero attached hydrogens (tertiary/aromatic N) is 4. The first-order valence-electron chi connectivity index (χ1n) is 9.93. The zero-order valence-electron chi connectivity index (χ0n) is 16.7. The standard InChI is InChI=1S/C25H21N5/c1-18-10-12-20(13-11-18)24-28-25(27-17-21-9-5-6-15-26-21)23-22(14-16-30(23)29-24)19-7-3-2-4-8-19/h2-16H,17H2,1H3,(H,27,28,29). The molecule has 30 heavy (non-hydrogen) atoms. The molecule has 0 aliphatic rings. The molecule has 0 spiro atoms. The monoisotopic (exact) mass is 391 g/mol. The molecule has 0 amide bonds. The second-order valence-electron chi connectivity index (χ2n) is 7.21. The van der Waals surface area contributed by atoms with Crippen molar-refractivity contribution >= 4 is 11.3 Å². The second-order valence-corrected chi connectivity index (χ2v) is 7.21. The van der Waals surface area contributed by atoms with Crippen LogP contribution in [0.15, 0.2) is 91.3 Å². The van der Waals surface area contributed by atoms with Gasteiger partial charge in [0, 0.05) is 23.5 Å². The van der Waals surface area contributed by atoms with Gasteiger partial charge in [0.25, 0.3) is 0 Å². The predicted octanol–water partition coefficient (Wildman–Crippen LogP) is 5.38. The quantitative estimate of drug-likeness (QED) is 0.437. The van der Waals surface area contributed by atoms with Crippen molar-refractivity contribution in [2.24, 2.45) is 0 Å². The Balaban J connectivity index is 1.63. The summed E-state index contributed by atoms with van der Waals surface area (Å²) in [5.74, 6) is 1.47. The number of hydrogen-bond donors (Lipinski definition) is 1. The third-order valence-corrected chi connectivity index (χ3v) is 5.07. The van der Waals surface area contributed by atoms with E-state index in [2.05, 4.69) is 59.7 Å². The van der Waals surface area contributed by atoms with E-state index in [0.717, 1.165) is 33.7 Å².